The van der Waals surface area contributed by atoms with E-state index in [1.165, 1.54) is 18.2 Å². The average Bonchev–Trinajstić information content (AvgIpc) is 2.93. The van der Waals surface area contributed by atoms with Crippen molar-refractivity contribution in [2.24, 2.45) is 4.99 Å². The molecule has 1 unspecified atom stereocenters. The highest BCUT2D eigenvalue weighted by atomic mass is 32.2. The molecule has 132 valence electrons. The fraction of sp³-hybridized carbons (Fsp3) is 0.294. The van der Waals surface area contributed by atoms with E-state index in [1.807, 2.05) is 26.0 Å². The van der Waals surface area contributed by atoms with Crippen LogP contribution in [0.5, 0.6) is 0 Å². The Balaban J connectivity index is 1.79. The lowest BCUT2D eigenvalue weighted by molar-refractivity contribution is 0.571. The highest BCUT2D eigenvalue weighted by molar-refractivity contribution is 8.14. The third-order valence-corrected chi connectivity index (χ3v) is 5.82. The molecule has 0 aliphatic carbocycles. The molecule has 1 aliphatic rings. The van der Waals surface area contributed by atoms with Gasteiger partial charge < -0.3 is 5.32 Å². The van der Waals surface area contributed by atoms with E-state index in [9.17, 15) is 12.8 Å². The van der Waals surface area contributed by atoms with Gasteiger partial charge in [-0.15, -0.1) is 0 Å². The van der Waals surface area contributed by atoms with Crippen LogP contribution in [0.15, 0.2) is 40.2 Å². The summed E-state index contributed by atoms with van der Waals surface area (Å²) in [4.78, 5) is 8.70. The molecule has 2 heterocycles. The van der Waals surface area contributed by atoms with E-state index in [-0.39, 0.29) is 10.9 Å². The number of aliphatic imine (C=N–C) groups is 1. The quantitative estimate of drug-likeness (QED) is 0.884. The van der Waals surface area contributed by atoms with Crippen LogP contribution in [0.1, 0.15) is 23.0 Å². The first-order chi connectivity index (χ1) is 11.7. The molecule has 0 spiro atoms. The molecule has 1 aliphatic heterocycles. The Morgan fingerprint density at radius 1 is 1.20 bits per heavy atom. The SMILES string of the molecule is Cc1cc(C2CSC(Nc3ccc(S(C)(=O)=O)c(F)c3)=N2)cc(C)n1. The van der Waals surface area contributed by atoms with Crippen LogP contribution >= 0.6 is 11.8 Å². The zero-order valence-corrected chi connectivity index (χ0v) is 15.7. The Labute approximate surface area is 150 Å². The number of benzene rings is 1. The minimum absolute atomic E-state index is 0.0213. The number of thioether (sulfide) groups is 1. The lowest BCUT2D eigenvalue weighted by Gasteiger charge is -2.08. The van der Waals surface area contributed by atoms with E-state index in [0.717, 1.165) is 29.0 Å². The molecule has 1 aromatic heterocycles. The molecule has 1 N–H and O–H groups in total. The molecule has 0 bridgehead atoms. The first-order valence-electron chi connectivity index (χ1n) is 7.65. The second kappa shape index (κ2) is 6.76. The van der Waals surface area contributed by atoms with Crippen molar-refractivity contribution in [3.05, 3.63) is 53.1 Å². The predicted octanol–water partition coefficient (Wildman–Crippen LogP) is 3.50. The lowest BCUT2D eigenvalue weighted by atomic mass is 10.1. The van der Waals surface area contributed by atoms with Crippen molar-refractivity contribution in [1.82, 2.24) is 4.98 Å². The van der Waals surface area contributed by atoms with Crippen molar-refractivity contribution in [1.29, 1.82) is 0 Å². The number of halogens is 1. The van der Waals surface area contributed by atoms with Gasteiger partial charge in [0.25, 0.3) is 0 Å². The number of nitrogens with one attached hydrogen (secondary N) is 1. The van der Waals surface area contributed by atoms with Crippen LogP contribution in [0.4, 0.5) is 10.1 Å². The molecule has 2 aromatic rings. The maximum absolute atomic E-state index is 14.0. The van der Waals surface area contributed by atoms with Gasteiger partial charge in [-0.3, -0.25) is 9.98 Å². The van der Waals surface area contributed by atoms with E-state index in [1.54, 1.807) is 11.8 Å². The molecule has 0 saturated heterocycles. The van der Waals surface area contributed by atoms with Gasteiger partial charge in [-0.1, -0.05) is 11.8 Å². The smallest absolute Gasteiger partial charge is 0.178 e. The van der Waals surface area contributed by atoms with Crippen molar-refractivity contribution in [3.8, 4) is 0 Å². The van der Waals surface area contributed by atoms with Crippen molar-refractivity contribution in [2.75, 3.05) is 17.3 Å². The Hall–Kier alpha value is -1.93. The number of anilines is 1. The van der Waals surface area contributed by atoms with E-state index in [0.29, 0.717) is 10.9 Å². The first-order valence-corrected chi connectivity index (χ1v) is 10.5. The van der Waals surface area contributed by atoms with Crippen LogP contribution in [0.25, 0.3) is 0 Å². The molecule has 0 radical (unpaired) electrons. The van der Waals surface area contributed by atoms with Crippen LogP contribution in [0.3, 0.4) is 0 Å². The standard InChI is InChI=1S/C17H18FN3O2S2/c1-10-6-12(7-11(2)19-10)15-9-24-17(21-15)20-13-4-5-16(14(18)8-13)25(3,22)23/h4-8,15H,9H2,1-3H3,(H,20,21). The zero-order valence-electron chi connectivity index (χ0n) is 14.1. The van der Waals surface area contributed by atoms with E-state index in [4.69, 9.17) is 0 Å². The maximum Gasteiger partial charge on any atom is 0.178 e. The summed E-state index contributed by atoms with van der Waals surface area (Å²) >= 11 is 1.55. The second-order valence-electron chi connectivity index (χ2n) is 5.99. The van der Waals surface area contributed by atoms with Crippen molar-refractivity contribution in [3.63, 3.8) is 0 Å². The summed E-state index contributed by atoms with van der Waals surface area (Å²) in [6.45, 7) is 3.90. The molecule has 0 amide bonds. The Morgan fingerprint density at radius 2 is 1.88 bits per heavy atom. The lowest BCUT2D eigenvalue weighted by Crippen LogP contribution is -2.07. The number of aryl methyl sites for hydroxylation is 2. The Bertz CT molecular complexity index is 938. The third-order valence-electron chi connectivity index (χ3n) is 3.72. The van der Waals surface area contributed by atoms with Gasteiger partial charge in [-0.05, 0) is 49.7 Å². The number of amidine groups is 1. The highest BCUT2D eigenvalue weighted by Gasteiger charge is 2.21. The Kier molecular flexibility index (Phi) is 4.83. The molecule has 8 heteroatoms. The first kappa shape index (κ1) is 17.9. The van der Waals surface area contributed by atoms with Crippen molar-refractivity contribution < 1.29 is 12.8 Å². The van der Waals surface area contributed by atoms with Crippen LogP contribution < -0.4 is 5.32 Å². The van der Waals surface area contributed by atoms with Crippen LogP contribution in [-0.2, 0) is 9.84 Å². The largest absolute Gasteiger partial charge is 0.335 e. The highest BCUT2D eigenvalue weighted by Crippen LogP contribution is 2.31. The number of hydrogen-bond acceptors (Lipinski definition) is 6. The van der Waals surface area contributed by atoms with Crippen molar-refractivity contribution in [2.45, 2.75) is 24.8 Å². The Morgan fingerprint density at radius 3 is 2.48 bits per heavy atom. The molecule has 0 fully saturated rings. The molecule has 0 saturated carbocycles. The molecule has 25 heavy (non-hydrogen) atoms. The third kappa shape index (κ3) is 4.19. The minimum Gasteiger partial charge on any atom is -0.335 e. The van der Waals surface area contributed by atoms with Gasteiger partial charge in [0.2, 0.25) is 0 Å². The van der Waals surface area contributed by atoms with E-state index < -0.39 is 15.7 Å². The minimum atomic E-state index is -3.57. The normalized spacial score (nSPS) is 17.4. The molecular formula is C17H18FN3O2S2. The summed E-state index contributed by atoms with van der Waals surface area (Å²) in [6.07, 6.45) is 0.985. The average molecular weight is 379 g/mol. The number of sulfone groups is 1. The predicted molar refractivity (Wildman–Crippen MR) is 99.5 cm³/mol. The van der Waals surface area contributed by atoms with E-state index in [2.05, 4.69) is 15.3 Å². The van der Waals surface area contributed by atoms with Gasteiger partial charge in [0.05, 0.1) is 6.04 Å². The second-order valence-corrected chi connectivity index (χ2v) is 8.98. The van der Waals surface area contributed by atoms with Gasteiger partial charge in [-0.2, -0.15) is 0 Å². The summed E-state index contributed by atoms with van der Waals surface area (Å²) < 4.78 is 36.9. The number of pyridine rings is 1. The number of hydrogen-bond donors (Lipinski definition) is 1. The summed E-state index contributed by atoms with van der Waals surface area (Å²) in [5.41, 5.74) is 3.48. The van der Waals surface area contributed by atoms with Gasteiger partial charge >= 0.3 is 0 Å². The summed E-state index contributed by atoms with van der Waals surface area (Å²) in [5.74, 6) is 0.0165. The molecule has 5 nitrogen and oxygen atoms in total. The molecule has 3 rings (SSSR count). The summed E-state index contributed by atoms with van der Waals surface area (Å²) in [5, 5.41) is 3.74. The molecule has 1 atom stereocenters. The summed E-state index contributed by atoms with van der Waals surface area (Å²) in [7, 11) is -3.57. The van der Waals surface area contributed by atoms with Crippen LogP contribution in [-0.4, -0.2) is 30.6 Å². The van der Waals surface area contributed by atoms with Gasteiger partial charge in [0.15, 0.2) is 15.0 Å². The molecular weight excluding hydrogens is 361 g/mol. The van der Waals surface area contributed by atoms with Crippen molar-refractivity contribution >= 4 is 32.5 Å². The fourth-order valence-corrected chi connectivity index (χ4v) is 4.38. The number of nitrogens with zero attached hydrogens (tertiary/aromatic N) is 2. The monoisotopic (exact) mass is 379 g/mol. The van der Waals surface area contributed by atoms with Gasteiger partial charge in [-0.25, -0.2) is 12.8 Å². The topological polar surface area (TPSA) is 71.4 Å². The fourth-order valence-electron chi connectivity index (χ4n) is 2.68. The summed E-state index contributed by atoms with van der Waals surface area (Å²) in [6, 6.07) is 8.04. The number of rotatable bonds is 3. The molecule has 1 aromatic carbocycles. The zero-order chi connectivity index (χ0) is 18.2. The van der Waals surface area contributed by atoms with E-state index >= 15 is 0 Å². The van der Waals surface area contributed by atoms with Crippen LogP contribution in [0, 0.1) is 19.7 Å². The van der Waals surface area contributed by atoms with Crippen LogP contribution in [0.2, 0.25) is 0 Å². The van der Waals surface area contributed by atoms with Gasteiger partial charge in [0.1, 0.15) is 10.7 Å². The number of aromatic nitrogens is 1. The maximum atomic E-state index is 14.0. The van der Waals surface area contributed by atoms with Gasteiger partial charge in [0, 0.05) is 29.1 Å².